The Morgan fingerprint density at radius 3 is 2.46 bits per heavy atom. The van der Waals surface area contributed by atoms with Gasteiger partial charge in [0, 0.05) is 18.7 Å². The highest BCUT2D eigenvalue weighted by atomic mass is 16.6. The van der Waals surface area contributed by atoms with E-state index in [0.29, 0.717) is 12.3 Å². The molecule has 0 aliphatic rings. The smallest absolute Gasteiger partial charge is 0.412 e. The van der Waals surface area contributed by atoms with E-state index in [1.165, 1.54) is 0 Å². The van der Waals surface area contributed by atoms with Crippen LogP contribution in [0, 0.1) is 5.92 Å². The SMILES string of the molecule is CC(C)CCNC(=O)CCCCc1ccccc1NC(=O)OC(C)(C)C. The molecule has 0 bridgehead atoms. The van der Waals surface area contributed by atoms with Gasteiger partial charge in [-0.2, -0.15) is 0 Å². The van der Waals surface area contributed by atoms with Crippen molar-refractivity contribution in [3.63, 3.8) is 0 Å². The molecule has 0 saturated carbocycles. The van der Waals surface area contributed by atoms with Crippen LogP contribution in [0.1, 0.15) is 65.9 Å². The van der Waals surface area contributed by atoms with Crippen LogP contribution >= 0.6 is 0 Å². The van der Waals surface area contributed by atoms with Crippen molar-refractivity contribution in [3.8, 4) is 0 Å². The van der Waals surface area contributed by atoms with Crippen molar-refractivity contribution < 1.29 is 14.3 Å². The van der Waals surface area contributed by atoms with Crippen LogP contribution in [-0.2, 0) is 16.0 Å². The van der Waals surface area contributed by atoms with Crippen LogP contribution in [0.15, 0.2) is 24.3 Å². The molecule has 1 rings (SSSR count). The fourth-order valence-electron chi connectivity index (χ4n) is 2.46. The van der Waals surface area contributed by atoms with Crippen molar-refractivity contribution in [2.24, 2.45) is 5.92 Å². The molecule has 0 radical (unpaired) electrons. The van der Waals surface area contributed by atoms with Gasteiger partial charge in [-0.25, -0.2) is 4.79 Å². The van der Waals surface area contributed by atoms with Gasteiger partial charge in [-0.3, -0.25) is 10.1 Å². The number of amides is 2. The Morgan fingerprint density at radius 2 is 1.81 bits per heavy atom. The largest absolute Gasteiger partial charge is 0.444 e. The molecule has 0 heterocycles. The maximum atomic E-state index is 12.0. The van der Waals surface area contributed by atoms with E-state index in [2.05, 4.69) is 24.5 Å². The van der Waals surface area contributed by atoms with E-state index in [4.69, 9.17) is 4.74 Å². The number of hydrogen-bond donors (Lipinski definition) is 2. The Balaban J connectivity index is 2.39. The zero-order chi connectivity index (χ0) is 19.6. The third-order valence-corrected chi connectivity index (χ3v) is 3.80. The van der Waals surface area contributed by atoms with Gasteiger partial charge < -0.3 is 10.1 Å². The fraction of sp³-hybridized carbons (Fsp3) is 0.619. The lowest BCUT2D eigenvalue weighted by Crippen LogP contribution is -2.27. The fourth-order valence-corrected chi connectivity index (χ4v) is 2.46. The molecule has 5 nitrogen and oxygen atoms in total. The molecule has 0 atom stereocenters. The van der Waals surface area contributed by atoms with Crippen molar-refractivity contribution in [1.82, 2.24) is 5.32 Å². The molecule has 0 saturated heterocycles. The second-order valence-corrected chi connectivity index (χ2v) is 8.02. The van der Waals surface area contributed by atoms with Crippen LogP contribution in [0.3, 0.4) is 0 Å². The van der Waals surface area contributed by atoms with Gasteiger partial charge >= 0.3 is 6.09 Å². The number of rotatable bonds is 9. The molecule has 2 amide bonds. The van der Waals surface area contributed by atoms with Gasteiger partial charge in [-0.15, -0.1) is 0 Å². The maximum absolute atomic E-state index is 12.0. The molecule has 0 unspecified atom stereocenters. The standard InChI is InChI=1S/C21H34N2O3/c1-16(2)14-15-22-19(24)13-9-7-11-17-10-6-8-12-18(17)23-20(25)26-21(3,4)5/h6,8,10,12,16H,7,9,11,13-15H2,1-5H3,(H,22,24)(H,23,25). The van der Waals surface area contributed by atoms with Crippen molar-refractivity contribution in [2.75, 3.05) is 11.9 Å². The van der Waals surface area contributed by atoms with E-state index in [0.717, 1.165) is 43.5 Å². The molecule has 1 aromatic rings. The Kier molecular flexibility index (Phi) is 9.17. The Morgan fingerprint density at radius 1 is 1.12 bits per heavy atom. The summed E-state index contributed by atoms with van der Waals surface area (Å²) in [5.74, 6) is 0.718. The summed E-state index contributed by atoms with van der Waals surface area (Å²) < 4.78 is 5.31. The zero-order valence-corrected chi connectivity index (χ0v) is 16.9. The van der Waals surface area contributed by atoms with Crippen LogP contribution < -0.4 is 10.6 Å². The molecular formula is C21H34N2O3. The third-order valence-electron chi connectivity index (χ3n) is 3.80. The predicted molar refractivity (Wildman–Crippen MR) is 106 cm³/mol. The van der Waals surface area contributed by atoms with Crippen LogP contribution in [0.2, 0.25) is 0 Å². The molecule has 0 aromatic heterocycles. The van der Waals surface area contributed by atoms with E-state index in [-0.39, 0.29) is 5.91 Å². The highest BCUT2D eigenvalue weighted by molar-refractivity contribution is 5.85. The van der Waals surface area contributed by atoms with Crippen LogP contribution in [-0.4, -0.2) is 24.1 Å². The number of hydrogen-bond acceptors (Lipinski definition) is 3. The van der Waals surface area contributed by atoms with Gasteiger partial charge in [0.2, 0.25) is 5.91 Å². The number of benzene rings is 1. The number of unbranched alkanes of at least 4 members (excludes halogenated alkanes) is 1. The molecule has 0 spiro atoms. The average molecular weight is 363 g/mol. The van der Waals surface area contributed by atoms with E-state index in [9.17, 15) is 9.59 Å². The van der Waals surface area contributed by atoms with Gasteiger partial charge in [0.1, 0.15) is 5.60 Å². The summed E-state index contributed by atoms with van der Waals surface area (Å²) >= 11 is 0. The molecule has 0 aliphatic carbocycles. The van der Waals surface area contributed by atoms with E-state index in [1.54, 1.807) is 0 Å². The summed E-state index contributed by atoms with van der Waals surface area (Å²) in [4.78, 5) is 23.8. The first-order valence-electron chi connectivity index (χ1n) is 9.52. The molecular weight excluding hydrogens is 328 g/mol. The summed E-state index contributed by atoms with van der Waals surface area (Å²) in [5, 5.41) is 5.77. The summed E-state index contributed by atoms with van der Waals surface area (Å²) in [7, 11) is 0. The number of nitrogens with one attached hydrogen (secondary N) is 2. The lowest BCUT2D eigenvalue weighted by Gasteiger charge is -2.20. The Labute approximate surface area is 157 Å². The van der Waals surface area contributed by atoms with E-state index >= 15 is 0 Å². The number of ether oxygens (including phenoxy) is 1. The van der Waals surface area contributed by atoms with Gasteiger partial charge in [0.25, 0.3) is 0 Å². The van der Waals surface area contributed by atoms with Crippen LogP contribution in [0.5, 0.6) is 0 Å². The summed E-state index contributed by atoms with van der Waals surface area (Å²) in [5.41, 5.74) is 1.30. The quantitative estimate of drug-likeness (QED) is 0.613. The number of carbonyl (C=O) groups is 2. The number of anilines is 1. The molecule has 146 valence electrons. The Bertz CT molecular complexity index is 577. The minimum Gasteiger partial charge on any atom is -0.444 e. The van der Waals surface area contributed by atoms with Crippen LogP contribution in [0.4, 0.5) is 10.5 Å². The summed E-state index contributed by atoms with van der Waals surface area (Å²) in [6.07, 6.45) is 3.63. The highest BCUT2D eigenvalue weighted by Gasteiger charge is 2.17. The molecule has 1 aromatic carbocycles. The van der Waals surface area contributed by atoms with Gasteiger partial charge in [0.15, 0.2) is 0 Å². The number of aryl methyl sites for hydroxylation is 1. The molecule has 0 aliphatic heterocycles. The molecule has 0 fully saturated rings. The van der Waals surface area contributed by atoms with Crippen molar-refractivity contribution in [1.29, 1.82) is 0 Å². The molecule has 5 heteroatoms. The third kappa shape index (κ3) is 10.1. The van der Waals surface area contributed by atoms with Crippen molar-refractivity contribution in [2.45, 2.75) is 72.3 Å². The van der Waals surface area contributed by atoms with E-state index < -0.39 is 11.7 Å². The first kappa shape index (κ1) is 22.0. The summed E-state index contributed by atoms with van der Waals surface area (Å²) in [6.45, 7) is 10.6. The second-order valence-electron chi connectivity index (χ2n) is 8.02. The van der Waals surface area contributed by atoms with Crippen molar-refractivity contribution in [3.05, 3.63) is 29.8 Å². The molecule has 2 N–H and O–H groups in total. The topological polar surface area (TPSA) is 67.4 Å². The maximum Gasteiger partial charge on any atom is 0.412 e. The first-order valence-corrected chi connectivity index (χ1v) is 9.52. The Hall–Kier alpha value is -2.04. The van der Waals surface area contributed by atoms with Gasteiger partial charge in [-0.1, -0.05) is 32.0 Å². The zero-order valence-electron chi connectivity index (χ0n) is 16.9. The van der Waals surface area contributed by atoms with Crippen molar-refractivity contribution >= 4 is 17.7 Å². The second kappa shape index (κ2) is 10.8. The average Bonchev–Trinajstić information content (AvgIpc) is 2.50. The van der Waals surface area contributed by atoms with Gasteiger partial charge in [0.05, 0.1) is 0 Å². The minimum absolute atomic E-state index is 0.116. The predicted octanol–water partition coefficient (Wildman–Crippen LogP) is 4.91. The minimum atomic E-state index is -0.526. The highest BCUT2D eigenvalue weighted by Crippen LogP contribution is 2.19. The van der Waals surface area contributed by atoms with E-state index in [1.807, 2.05) is 45.0 Å². The normalized spacial score (nSPS) is 11.3. The number of para-hydroxylation sites is 1. The molecule has 26 heavy (non-hydrogen) atoms. The van der Waals surface area contributed by atoms with Crippen LogP contribution in [0.25, 0.3) is 0 Å². The number of carbonyl (C=O) groups excluding carboxylic acids is 2. The first-order chi connectivity index (χ1) is 12.2. The lowest BCUT2D eigenvalue weighted by atomic mass is 10.0. The lowest BCUT2D eigenvalue weighted by molar-refractivity contribution is -0.121. The summed E-state index contributed by atoms with van der Waals surface area (Å²) in [6, 6.07) is 7.71. The van der Waals surface area contributed by atoms with Gasteiger partial charge in [-0.05, 0) is 64.0 Å². The monoisotopic (exact) mass is 362 g/mol.